The maximum absolute atomic E-state index is 12.6. The lowest BCUT2D eigenvalue weighted by Gasteiger charge is -2.30. The number of rotatable bonds is 3. The van der Waals surface area contributed by atoms with Gasteiger partial charge in [0.15, 0.2) is 0 Å². The van der Waals surface area contributed by atoms with Crippen molar-refractivity contribution >= 4 is 17.8 Å². The molecule has 3 nitrogen and oxygen atoms in total. The smallest absolute Gasteiger partial charge is 0.298 e. The number of Topliss-reactive ketones (excluding diaryl/α,β-unsaturated/α-hetero) is 2. The highest BCUT2D eigenvalue weighted by molar-refractivity contribution is 6.16. The van der Waals surface area contributed by atoms with Crippen molar-refractivity contribution in [2.75, 3.05) is 0 Å². The minimum Gasteiger partial charge on any atom is -0.298 e. The predicted octanol–water partition coefficient (Wildman–Crippen LogP) is 3.85. The van der Waals surface area contributed by atoms with Crippen molar-refractivity contribution < 1.29 is 22.8 Å². The number of hydrogen-bond donors (Lipinski definition) is 0. The van der Waals surface area contributed by atoms with Gasteiger partial charge in [-0.3, -0.25) is 14.6 Å². The summed E-state index contributed by atoms with van der Waals surface area (Å²) in [5.74, 6) is -1.23. The zero-order valence-electron chi connectivity index (χ0n) is 13.0. The Morgan fingerprint density at radius 3 is 2.39 bits per heavy atom. The third-order valence-electron chi connectivity index (χ3n) is 3.78. The van der Waals surface area contributed by atoms with Crippen molar-refractivity contribution in [1.82, 2.24) is 0 Å². The van der Waals surface area contributed by atoms with Gasteiger partial charge in [0.1, 0.15) is 17.5 Å². The molecule has 23 heavy (non-hydrogen) atoms. The van der Waals surface area contributed by atoms with Crippen molar-refractivity contribution in [2.24, 2.45) is 16.3 Å². The van der Waals surface area contributed by atoms with E-state index in [0.29, 0.717) is 18.4 Å². The third-order valence-corrected chi connectivity index (χ3v) is 3.78. The Hall–Kier alpha value is -1.98. The summed E-state index contributed by atoms with van der Waals surface area (Å²) in [6, 6.07) is 4.85. The maximum atomic E-state index is 12.6. The lowest BCUT2D eigenvalue weighted by atomic mass is 9.72. The Morgan fingerprint density at radius 2 is 1.83 bits per heavy atom. The maximum Gasteiger partial charge on any atom is 0.416 e. The van der Waals surface area contributed by atoms with Crippen LogP contribution in [-0.4, -0.2) is 17.8 Å². The molecule has 1 aliphatic carbocycles. The quantitative estimate of drug-likeness (QED) is 0.626. The number of nitrogens with zero attached hydrogens (tertiary/aromatic N) is 1. The first kappa shape index (κ1) is 17.4. The Balaban J connectivity index is 2.05. The fraction of sp³-hybridized carbons (Fsp3) is 0.471. The number of halogens is 3. The van der Waals surface area contributed by atoms with Gasteiger partial charge in [-0.1, -0.05) is 26.0 Å². The zero-order valence-corrected chi connectivity index (χ0v) is 13.0. The summed E-state index contributed by atoms with van der Waals surface area (Å²) in [4.78, 5) is 28.0. The zero-order chi connectivity index (χ0) is 17.3. The van der Waals surface area contributed by atoms with Gasteiger partial charge in [0.25, 0.3) is 0 Å². The van der Waals surface area contributed by atoms with Gasteiger partial charge in [-0.15, -0.1) is 0 Å². The molecule has 0 spiro atoms. The molecule has 0 atom stereocenters. The van der Waals surface area contributed by atoms with E-state index in [9.17, 15) is 22.8 Å². The molecule has 0 aromatic heterocycles. The molecule has 0 amide bonds. The lowest BCUT2D eigenvalue weighted by Crippen LogP contribution is -2.38. The average molecular weight is 325 g/mol. The number of benzene rings is 1. The van der Waals surface area contributed by atoms with Gasteiger partial charge in [-0.2, -0.15) is 13.2 Å². The molecule has 0 unspecified atom stereocenters. The van der Waals surface area contributed by atoms with Gasteiger partial charge in [-0.25, -0.2) is 0 Å². The van der Waals surface area contributed by atoms with Crippen LogP contribution in [-0.2, 0) is 22.3 Å². The number of carbonyl (C=O) groups excluding carboxylic acids is 2. The molecule has 0 N–H and O–H groups in total. The van der Waals surface area contributed by atoms with Crippen molar-refractivity contribution in [3.63, 3.8) is 0 Å². The molecule has 1 aliphatic rings. The van der Waals surface area contributed by atoms with E-state index in [2.05, 4.69) is 4.99 Å². The molecule has 1 aromatic rings. The molecular weight excluding hydrogens is 307 g/mol. The Labute approximate surface area is 132 Å². The highest BCUT2D eigenvalue weighted by atomic mass is 19.4. The van der Waals surface area contributed by atoms with Gasteiger partial charge in [0.05, 0.1) is 12.1 Å². The van der Waals surface area contributed by atoms with E-state index < -0.39 is 17.7 Å². The average Bonchev–Trinajstić information content (AvgIpc) is 2.40. The minimum atomic E-state index is -4.40. The first-order valence-corrected chi connectivity index (χ1v) is 7.30. The fourth-order valence-corrected chi connectivity index (χ4v) is 2.68. The number of hydrogen-bond acceptors (Lipinski definition) is 3. The van der Waals surface area contributed by atoms with Crippen LogP contribution in [0.4, 0.5) is 13.2 Å². The molecule has 1 saturated carbocycles. The first-order chi connectivity index (χ1) is 10.6. The van der Waals surface area contributed by atoms with E-state index in [4.69, 9.17) is 0 Å². The van der Waals surface area contributed by atoms with E-state index in [1.54, 1.807) is 0 Å². The standard InChI is InChI=1S/C17H18F3NO2/c1-16(2)7-14(22)13(15(23)8-16)10-21-9-11-4-3-5-12(6-11)17(18,19)20/h3-6,10,13H,7-9H2,1-2H3. The fourth-order valence-electron chi connectivity index (χ4n) is 2.68. The van der Waals surface area contributed by atoms with Crippen molar-refractivity contribution in [1.29, 1.82) is 0 Å². The summed E-state index contributed by atoms with van der Waals surface area (Å²) in [7, 11) is 0. The van der Waals surface area contributed by atoms with Crippen LogP contribution < -0.4 is 0 Å². The van der Waals surface area contributed by atoms with Gasteiger partial charge >= 0.3 is 6.18 Å². The summed E-state index contributed by atoms with van der Waals surface area (Å²) in [6.07, 6.45) is -2.52. The van der Waals surface area contributed by atoms with E-state index in [0.717, 1.165) is 12.1 Å². The molecule has 0 radical (unpaired) electrons. The highest BCUT2D eigenvalue weighted by Crippen LogP contribution is 2.33. The summed E-state index contributed by atoms with van der Waals surface area (Å²) in [6.45, 7) is 3.72. The molecule has 0 saturated heterocycles. The Bertz CT molecular complexity index is 627. The third kappa shape index (κ3) is 4.50. The van der Waals surface area contributed by atoms with Crippen molar-refractivity contribution in [2.45, 2.75) is 39.4 Å². The van der Waals surface area contributed by atoms with Gasteiger partial charge in [-0.05, 0) is 23.1 Å². The van der Waals surface area contributed by atoms with Crippen LogP contribution in [0.2, 0.25) is 0 Å². The molecule has 124 valence electrons. The van der Waals surface area contributed by atoms with Crippen LogP contribution in [0.1, 0.15) is 37.8 Å². The second-order valence-electron chi connectivity index (χ2n) is 6.62. The highest BCUT2D eigenvalue weighted by Gasteiger charge is 2.38. The van der Waals surface area contributed by atoms with Crippen molar-refractivity contribution in [3.8, 4) is 0 Å². The lowest BCUT2D eigenvalue weighted by molar-refractivity contribution is -0.138. The van der Waals surface area contributed by atoms with Crippen LogP contribution in [0, 0.1) is 11.3 Å². The second-order valence-corrected chi connectivity index (χ2v) is 6.62. The summed E-state index contributed by atoms with van der Waals surface area (Å²) >= 11 is 0. The SMILES string of the molecule is CC1(C)CC(=O)C(C=NCc2cccc(C(F)(F)F)c2)C(=O)C1. The topological polar surface area (TPSA) is 46.5 Å². The first-order valence-electron chi connectivity index (χ1n) is 7.30. The van der Waals surface area contributed by atoms with Crippen molar-refractivity contribution in [3.05, 3.63) is 35.4 Å². The molecule has 0 aliphatic heterocycles. The van der Waals surface area contributed by atoms with Gasteiger partial charge in [0.2, 0.25) is 0 Å². The summed E-state index contributed by atoms with van der Waals surface area (Å²) in [5.41, 5.74) is -0.691. The van der Waals surface area contributed by atoms with E-state index >= 15 is 0 Å². The molecule has 0 bridgehead atoms. The van der Waals surface area contributed by atoms with E-state index in [-0.39, 0.29) is 23.5 Å². The van der Waals surface area contributed by atoms with Gasteiger partial charge < -0.3 is 0 Å². The molecule has 1 aromatic carbocycles. The van der Waals surface area contributed by atoms with Crippen LogP contribution in [0.25, 0.3) is 0 Å². The Kier molecular flexibility index (Phi) is 4.73. The second kappa shape index (κ2) is 6.26. The number of carbonyl (C=O) groups is 2. The molecule has 0 heterocycles. The van der Waals surface area contributed by atoms with Gasteiger partial charge in [0, 0.05) is 19.1 Å². The number of aliphatic imine (C=N–C) groups is 1. The normalized spacial score (nSPS) is 19.5. The molecular formula is C17H18F3NO2. The summed E-state index contributed by atoms with van der Waals surface area (Å²) < 4.78 is 37.9. The summed E-state index contributed by atoms with van der Waals surface area (Å²) in [5, 5.41) is 0. The van der Waals surface area contributed by atoms with Crippen LogP contribution in [0.3, 0.4) is 0 Å². The van der Waals surface area contributed by atoms with Crippen LogP contribution in [0.15, 0.2) is 29.3 Å². The molecule has 6 heteroatoms. The largest absolute Gasteiger partial charge is 0.416 e. The number of alkyl halides is 3. The number of ketones is 2. The van der Waals surface area contributed by atoms with Crippen LogP contribution in [0.5, 0.6) is 0 Å². The molecule has 1 fully saturated rings. The van der Waals surface area contributed by atoms with Crippen LogP contribution >= 0.6 is 0 Å². The Morgan fingerprint density at radius 1 is 1.22 bits per heavy atom. The van der Waals surface area contributed by atoms with E-state index in [1.807, 2.05) is 13.8 Å². The predicted molar refractivity (Wildman–Crippen MR) is 80.2 cm³/mol. The monoisotopic (exact) mass is 325 g/mol. The van der Waals surface area contributed by atoms with E-state index in [1.165, 1.54) is 18.3 Å². The molecule has 2 rings (SSSR count). The minimum absolute atomic E-state index is 0.00434.